The highest BCUT2D eigenvalue weighted by Crippen LogP contribution is 2.38. The predicted molar refractivity (Wildman–Crippen MR) is 118 cm³/mol. The first-order chi connectivity index (χ1) is 16.0. The van der Waals surface area contributed by atoms with E-state index in [1.54, 1.807) is 26.2 Å². The molecule has 1 aliphatic carbocycles. The van der Waals surface area contributed by atoms with Crippen LogP contribution in [0.15, 0.2) is 53.9 Å². The van der Waals surface area contributed by atoms with Gasteiger partial charge < -0.3 is 9.88 Å². The van der Waals surface area contributed by atoms with Crippen LogP contribution in [0.2, 0.25) is 0 Å². The van der Waals surface area contributed by atoms with Crippen molar-refractivity contribution in [2.45, 2.75) is 42.5 Å². The zero-order valence-electron chi connectivity index (χ0n) is 18.5. The van der Waals surface area contributed by atoms with E-state index in [4.69, 9.17) is 0 Å². The largest absolute Gasteiger partial charge is 0.416 e. The molecule has 0 saturated heterocycles. The van der Waals surface area contributed by atoms with Gasteiger partial charge in [0.2, 0.25) is 0 Å². The number of hydrogen-bond acceptors (Lipinski definition) is 4. The number of likely N-dealkylation sites (N-methyl/N-ethyl adjacent to an activating group) is 1. The first-order valence-electron chi connectivity index (χ1n) is 10.6. The zero-order chi connectivity index (χ0) is 24.7. The molecule has 0 bridgehead atoms. The smallest absolute Gasteiger partial charge is 0.339 e. The summed E-state index contributed by atoms with van der Waals surface area (Å²) >= 11 is 0. The van der Waals surface area contributed by atoms with E-state index in [2.05, 4.69) is 15.0 Å². The van der Waals surface area contributed by atoms with Crippen molar-refractivity contribution in [1.82, 2.24) is 19.6 Å². The highest BCUT2D eigenvalue weighted by atomic mass is 32.2. The first-order valence-corrected chi connectivity index (χ1v) is 12.1. The molecule has 0 spiro atoms. The lowest BCUT2D eigenvalue weighted by Gasteiger charge is -2.21. The van der Waals surface area contributed by atoms with Crippen LogP contribution >= 0.6 is 0 Å². The molecular weight excluding hydrogens is 472 g/mol. The maximum absolute atomic E-state index is 14.8. The Bertz CT molecular complexity index is 1300. The van der Waals surface area contributed by atoms with Crippen LogP contribution < -0.4 is 10.0 Å². The van der Waals surface area contributed by atoms with Gasteiger partial charge >= 0.3 is 6.18 Å². The van der Waals surface area contributed by atoms with E-state index in [1.165, 1.54) is 29.2 Å². The molecule has 2 unspecified atom stereocenters. The fraction of sp³-hybridized carbons (Fsp3) is 0.348. The quantitative estimate of drug-likeness (QED) is 0.491. The normalized spacial score (nSPS) is 18.3. The van der Waals surface area contributed by atoms with E-state index in [0.717, 1.165) is 23.3 Å². The van der Waals surface area contributed by atoms with E-state index < -0.39 is 27.6 Å². The van der Waals surface area contributed by atoms with Crippen LogP contribution in [0.4, 0.5) is 17.6 Å². The summed E-state index contributed by atoms with van der Waals surface area (Å²) in [6.45, 7) is -0.279. The minimum absolute atomic E-state index is 0.0931. The molecule has 1 aliphatic rings. The van der Waals surface area contributed by atoms with Gasteiger partial charge in [0.15, 0.2) is 5.03 Å². The summed E-state index contributed by atoms with van der Waals surface area (Å²) in [7, 11) is -0.541. The third kappa shape index (κ3) is 5.01. The monoisotopic (exact) mass is 496 g/mol. The van der Waals surface area contributed by atoms with Gasteiger partial charge in [0.05, 0.1) is 11.9 Å². The van der Waals surface area contributed by atoms with Crippen molar-refractivity contribution in [3.63, 3.8) is 0 Å². The fourth-order valence-electron chi connectivity index (χ4n) is 4.39. The Labute approximate surface area is 195 Å². The Morgan fingerprint density at radius 1 is 1.21 bits per heavy atom. The summed E-state index contributed by atoms with van der Waals surface area (Å²) in [5.74, 6) is -0.743. The van der Waals surface area contributed by atoms with Gasteiger partial charge in [-0.3, -0.25) is 0 Å². The molecule has 11 heteroatoms. The van der Waals surface area contributed by atoms with Crippen molar-refractivity contribution < 1.29 is 26.0 Å². The molecule has 6 nitrogen and oxygen atoms in total. The summed E-state index contributed by atoms with van der Waals surface area (Å²) in [5.41, 5.74) is 1.52. The van der Waals surface area contributed by atoms with Crippen molar-refractivity contribution in [3.05, 3.63) is 82.6 Å². The molecule has 1 heterocycles. The highest BCUT2D eigenvalue weighted by molar-refractivity contribution is 7.89. The van der Waals surface area contributed by atoms with Crippen molar-refractivity contribution in [1.29, 1.82) is 0 Å². The second-order valence-corrected chi connectivity index (χ2v) is 10.2. The highest BCUT2D eigenvalue weighted by Gasteiger charge is 2.34. The van der Waals surface area contributed by atoms with Gasteiger partial charge in [0.25, 0.3) is 10.0 Å². The molecular formula is C23H24F4N4O2S. The van der Waals surface area contributed by atoms with Crippen molar-refractivity contribution in [2.24, 2.45) is 7.05 Å². The zero-order valence-corrected chi connectivity index (χ0v) is 19.3. The number of rotatable bonds is 7. The van der Waals surface area contributed by atoms with E-state index in [9.17, 15) is 26.0 Å². The Hall–Kier alpha value is -2.76. The summed E-state index contributed by atoms with van der Waals surface area (Å²) in [6.07, 6.45) is -0.905. The molecule has 2 atom stereocenters. The standard InChI is InChI=1S/C23H24F4N4O2S/c1-28-21-10-15-9-20(24)16(11-30-34(32,33)22-12-31(2)13-29-22)8-18(15)19(21)7-14-4-3-5-17(6-14)23(25,26)27/h3-6,8-9,12-13,19,21,28,30H,7,10-11H2,1-2H3. The van der Waals surface area contributed by atoms with Gasteiger partial charge in [0.1, 0.15) is 5.82 Å². The average Bonchev–Trinajstić information content (AvgIpc) is 3.35. The number of hydrogen-bond donors (Lipinski definition) is 2. The van der Waals surface area contributed by atoms with Gasteiger partial charge in [-0.15, -0.1) is 0 Å². The van der Waals surface area contributed by atoms with Gasteiger partial charge in [-0.05, 0) is 48.7 Å². The minimum atomic E-state index is -4.44. The number of nitrogens with one attached hydrogen (secondary N) is 2. The van der Waals surface area contributed by atoms with E-state index in [-0.39, 0.29) is 29.1 Å². The number of aromatic nitrogens is 2. The molecule has 0 saturated carbocycles. The van der Waals surface area contributed by atoms with E-state index >= 15 is 0 Å². The summed E-state index contributed by atoms with van der Waals surface area (Å²) < 4.78 is 83.0. The average molecular weight is 497 g/mol. The third-order valence-corrected chi connectivity index (χ3v) is 7.41. The molecule has 4 rings (SSSR count). The van der Waals surface area contributed by atoms with Crippen molar-refractivity contribution >= 4 is 10.0 Å². The van der Waals surface area contributed by atoms with Crippen LogP contribution in [0, 0.1) is 5.82 Å². The van der Waals surface area contributed by atoms with E-state index in [0.29, 0.717) is 18.4 Å². The molecule has 3 aromatic rings. The summed E-state index contributed by atoms with van der Waals surface area (Å²) in [5, 5.41) is 3.01. The number of imidazole rings is 1. The topological polar surface area (TPSA) is 76.0 Å². The number of alkyl halides is 3. The molecule has 0 radical (unpaired) electrons. The lowest BCUT2D eigenvalue weighted by atomic mass is 9.89. The van der Waals surface area contributed by atoms with Gasteiger partial charge in [0, 0.05) is 37.3 Å². The Balaban J connectivity index is 1.60. The number of sulfonamides is 1. The van der Waals surface area contributed by atoms with E-state index in [1.807, 2.05) is 0 Å². The number of nitrogens with zero attached hydrogens (tertiary/aromatic N) is 2. The van der Waals surface area contributed by atoms with Gasteiger partial charge in [-0.2, -0.15) is 13.2 Å². The first kappa shape index (κ1) is 24.4. The SMILES string of the molecule is CNC1Cc2cc(F)c(CNS(=O)(=O)c3cn(C)cn3)cc2C1Cc1cccc(C(F)(F)F)c1. The Morgan fingerprint density at radius 3 is 2.62 bits per heavy atom. The number of halogens is 4. The number of aryl methyl sites for hydroxylation is 1. The lowest BCUT2D eigenvalue weighted by molar-refractivity contribution is -0.137. The second kappa shape index (κ2) is 9.12. The Morgan fingerprint density at radius 2 is 1.97 bits per heavy atom. The molecule has 2 N–H and O–H groups in total. The minimum Gasteiger partial charge on any atom is -0.339 e. The Kier molecular flexibility index (Phi) is 6.54. The van der Waals surface area contributed by atoms with Crippen LogP contribution in [0.25, 0.3) is 0 Å². The lowest BCUT2D eigenvalue weighted by Crippen LogP contribution is -2.30. The molecule has 182 valence electrons. The fourth-order valence-corrected chi connectivity index (χ4v) is 5.37. The molecule has 0 fully saturated rings. The maximum atomic E-state index is 14.8. The van der Waals surface area contributed by atoms with Crippen LogP contribution in [-0.4, -0.2) is 31.1 Å². The van der Waals surface area contributed by atoms with Crippen LogP contribution in [0.3, 0.4) is 0 Å². The van der Waals surface area contributed by atoms with Crippen molar-refractivity contribution in [3.8, 4) is 0 Å². The number of fused-ring (bicyclic) bond motifs is 1. The van der Waals surface area contributed by atoms with Crippen LogP contribution in [-0.2, 0) is 42.6 Å². The third-order valence-electron chi connectivity index (χ3n) is 6.12. The van der Waals surface area contributed by atoms with Crippen LogP contribution in [0.1, 0.15) is 33.7 Å². The molecule has 0 amide bonds. The van der Waals surface area contributed by atoms with Crippen molar-refractivity contribution in [2.75, 3.05) is 7.05 Å². The molecule has 1 aromatic heterocycles. The van der Waals surface area contributed by atoms with Gasteiger partial charge in [-0.25, -0.2) is 22.5 Å². The van der Waals surface area contributed by atoms with Crippen LogP contribution in [0.5, 0.6) is 0 Å². The number of benzene rings is 2. The molecule has 34 heavy (non-hydrogen) atoms. The predicted octanol–water partition coefficient (Wildman–Crippen LogP) is 3.53. The molecule has 0 aliphatic heterocycles. The molecule has 2 aromatic carbocycles. The summed E-state index contributed by atoms with van der Waals surface area (Å²) in [4.78, 5) is 3.81. The second-order valence-electron chi connectivity index (χ2n) is 8.45. The summed E-state index contributed by atoms with van der Waals surface area (Å²) in [6, 6.07) is 8.09. The van der Waals surface area contributed by atoms with Gasteiger partial charge in [-0.1, -0.05) is 24.3 Å². The maximum Gasteiger partial charge on any atom is 0.416 e.